The molecule has 6 heteroatoms. The number of halogens is 1. The summed E-state index contributed by atoms with van der Waals surface area (Å²) in [5, 5.41) is 18.1. The Kier molecular flexibility index (Phi) is 15.3. The van der Waals surface area contributed by atoms with Gasteiger partial charge < -0.3 is 22.8 Å². The minimum Gasteiger partial charge on any atom is -0.309 e. The molecule has 20 aromatic carbocycles. The van der Waals surface area contributed by atoms with E-state index in [1.54, 1.807) is 0 Å². The minimum absolute atomic E-state index is 1.06. The fourth-order valence-electron chi connectivity index (χ4n) is 21.3. The van der Waals surface area contributed by atoms with E-state index in [9.17, 15) is 0 Å². The molecule has 0 amide bonds. The lowest BCUT2D eigenvalue weighted by molar-refractivity contribution is 1.14. The zero-order chi connectivity index (χ0) is 80.6. The Morgan fingerprint density at radius 2 is 0.480 bits per heavy atom. The maximum absolute atomic E-state index is 3.58. The van der Waals surface area contributed by atoms with Crippen molar-refractivity contribution in [3.05, 3.63) is 440 Å². The van der Waals surface area contributed by atoms with Crippen molar-refractivity contribution in [3.8, 4) is 106 Å². The Morgan fingerprint density at radius 1 is 0.171 bits per heavy atom. The van der Waals surface area contributed by atoms with Crippen molar-refractivity contribution in [2.75, 3.05) is 0 Å². The van der Waals surface area contributed by atoms with Crippen LogP contribution in [-0.2, 0) is 6.42 Å². The van der Waals surface area contributed by atoms with Gasteiger partial charge in [0.2, 0.25) is 0 Å². The van der Waals surface area contributed by atoms with Gasteiger partial charge in [0.25, 0.3) is 0 Å². The summed E-state index contributed by atoms with van der Waals surface area (Å²) in [6, 6.07) is 156. The van der Waals surface area contributed by atoms with E-state index in [0.29, 0.717) is 0 Å². The highest BCUT2D eigenvalue weighted by atomic mass is 79.9. The predicted molar refractivity (Wildman–Crippen MR) is 522 cm³/mol. The van der Waals surface area contributed by atoms with Gasteiger partial charge in [-0.15, -0.1) is 0 Å². The Hall–Kier alpha value is -15.6. The fourth-order valence-corrected chi connectivity index (χ4v) is 21.6. The SMILES string of the molecule is Brc1ccc(-n2c3ccccc3c3cc(-c4ccc5c(c4)c4ccccc4n5-c4ccccc4)ccc32)cc1.c1ccc(-n2c3ccccc3c3cc(-c4ccc5c(c4)c4ccccc4n5-c4ccc(-n5c6ccccc6c6c7c(ccc65)-c5cccc6cccc-7c56)cc4)ccc32)cc1.c1ccc2c(c1)Cc1ccc3c(c1-2)-c1cccc2cccc-3c12. The zero-order valence-corrected chi connectivity index (χ0v) is 68.3. The van der Waals surface area contributed by atoms with Crippen molar-refractivity contribution < 1.29 is 0 Å². The molecule has 3 aliphatic rings. The summed E-state index contributed by atoms with van der Waals surface area (Å²) in [7, 11) is 0. The maximum atomic E-state index is 3.58. The molecule has 0 unspecified atom stereocenters. The van der Waals surface area contributed by atoms with Crippen molar-refractivity contribution >= 4 is 147 Å². The second-order valence-electron chi connectivity index (χ2n) is 33.0. The quantitative estimate of drug-likeness (QED) is 0.152. The second kappa shape index (κ2) is 27.2. The van der Waals surface area contributed by atoms with Gasteiger partial charge in [0.15, 0.2) is 0 Å². The normalized spacial score (nSPS) is 12.2. The fraction of sp³-hybridized carbons (Fsp3) is 0.00855. The van der Waals surface area contributed by atoms with Crippen molar-refractivity contribution in [2.24, 2.45) is 0 Å². The Balaban J connectivity index is 0.000000111. The Bertz CT molecular complexity index is 8760. The molecule has 0 spiro atoms. The third-order valence-corrected chi connectivity index (χ3v) is 27.1. The third kappa shape index (κ3) is 10.5. The molecule has 0 N–H and O–H groups in total. The molecule has 0 saturated carbocycles. The number of para-hydroxylation sites is 7. The van der Waals surface area contributed by atoms with Crippen LogP contribution in [0.5, 0.6) is 0 Å². The number of benzene rings is 20. The van der Waals surface area contributed by atoms with Gasteiger partial charge in [0.05, 0.1) is 55.2 Å². The molecule has 5 nitrogen and oxygen atoms in total. The highest BCUT2D eigenvalue weighted by Crippen LogP contribution is 2.56. The maximum Gasteiger partial charge on any atom is 0.0547 e. The molecule has 0 radical (unpaired) electrons. The van der Waals surface area contributed by atoms with E-state index in [0.717, 1.165) is 28.0 Å². The van der Waals surface area contributed by atoms with Crippen LogP contribution < -0.4 is 0 Å². The molecule has 25 aromatic rings. The first-order valence-electron chi connectivity index (χ1n) is 42.4. The molecule has 572 valence electrons. The van der Waals surface area contributed by atoms with Crippen LogP contribution in [0.2, 0.25) is 0 Å². The van der Waals surface area contributed by atoms with Gasteiger partial charge >= 0.3 is 0 Å². The monoisotopic (exact) mass is 1630 g/mol. The lowest BCUT2D eigenvalue weighted by atomic mass is 9.93. The van der Waals surface area contributed by atoms with Crippen molar-refractivity contribution in [3.63, 3.8) is 0 Å². The van der Waals surface area contributed by atoms with Crippen LogP contribution in [0, 0.1) is 0 Å². The van der Waals surface area contributed by atoms with Crippen molar-refractivity contribution in [2.45, 2.75) is 6.42 Å². The molecule has 123 heavy (non-hydrogen) atoms. The first-order valence-corrected chi connectivity index (χ1v) is 43.2. The van der Waals surface area contributed by atoms with Crippen molar-refractivity contribution in [1.29, 1.82) is 0 Å². The molecule has 0 saturated heterocycles. The van der Waals surface area contributed by atoms with Gasteiger partial charge in [-0.05, 0) is 269 Å². The van der Waals surface area contributed by atoms with Crippen molar-refractivity contribution in [1.82, 2.24) is 22.8 Å². The van der Waals surface area contributed by atoms with E-state index in [1.165, 1.54) is 231 Å². The van der Waals surface area contributed by atoms with Crippen LogP contribution >= 0.6 is 15.9 Å². The molecular formula is C117H72BrN5. The second-order valence-corrected chi connectivity index (χ2v) is 33.9. The summed E-state index contributed by atoms with van der Waals surface area (Å²) in [5.41, 5.74) is 39.6. The predicted octanol–water partition coefficient (Wildman–Crippen LogP) is 31.8. The molecule has 28 rings (SSSR count). The summed E-state index contributed by atoms with van der Waals surface area (Å²) in [5.74, 6) is 0. The number of hydrogen-bond donors (Lipinski definition) is 0. The van der Waals surface area contributed by atoms with Crippen LogP contribution in [0.4, 0.5) is 0 Å². The lowest BCUT2D eigenvalue weighted by Crippen LogP contribution is -1.97. The third-order valence-electron chi connectivity index (χ3n) is 26.6. The van der Waals surface area contributed by atoms with Gasteiger partial charge in [-0.1, -0.05) is 283 Å². The number of fused-ring (bicyclic) bond motifs is 26. The van der Waals surface area contributed by atoms with Gasteiger partial charge in [0.1, 0.15) is 0 Å². The summed E-state index contributed by atoms with van der Waals surface area (Å²) in [6.07, 6.45) is 1.06. The topological polar surface area (TPSA) is 24.6 Å². The largest absolute Gasteiger partial charge is 0.309 e. The van der Waals surface area contributed by atoms with Crippen LogP contribution in [-0.4, -0.2) is 22.8 Å². The van der Waals surface area contributed by atoms with Crippen LogP contribution in [0.15, 0.2) is 429 Å². The number of rotatable bonds is 7. The molecule has 0 atom stereocenters. The molecule has 3 aliphatic carbocycles. The summed E-state index contributed by atoms with van der Waals surface area (Å²) >= 11 is 3.58. The molecule has 0 fully saturated rings. The van der Waals surface area contributed by atoms with E-state index in [4.69, 9.17) is 0 Å². The van der Waals surface area contributed by atoms with Gasteiger partial charge in [0, 0.05) is 92.3 Å². The summed E-state index contributed by atoms with van der Waals surface area (Å²) < 4.78 is 13.1. The Labute approximate surface area is 717 Å². The molecule has 0 aliphatic heterocycles. The average molecular weight is 1630 g/mol. The Morgan fingerprint density at radius 3 is 0.919 bits per heavy atom. The van der Waals surface area contributed by atoms with Crippen LogP contribution in [0.3, 0.4) is 0 Å². The first kappa shape index (κ1) is 69.4. The van der Waals surface area contributed by atoms with E-state index in [-0.39, 0.29) is 0 Å². The van der Waals surface area contributed by atoms with Crippen LogP contribution in [0.1, 0.15) is 11.1 Å². The smallest absolute Gasteiger partial charge is 0.0547 e. The highest BCUT2D eigenvalue weighted by Gasteiger charge is 2.31. The standard InChI is InChI=1S/C58H35N3.C36H23BrN2.C23H14/c1-2-14-39(15-3-1)59-50-21-7-4-16-42(50)48-34-37(24-31-53(48)59)38-25-32-54-49(35-38)43-17-5-8-22-51(43)60(54)40-26-28-41(29-27-40)61-52-23-9-6-18-46(52)58-55(61)33-30-45-44-19-10-12-36-13-11-20-47(56(36)44)57(45)58;37-26-16-18-28(19-17-26)39-34-13-7-5-11-30(34)32-23-25(15-21-36(32)39)24-14-20-35-31(22-24)29-10-4-6-12-33(29)38(35)27-8-2-1-3-9-27;1-2-8-17-15(5-1)13-16-11-12-19-18-9-3-6-14-7-4-10-20(21(14)18)23(19)22(16)17/h1-35H;1-23H;1-12H,13H2. The summed E-state index contributed by atoms with van der Waals surface area (Å²) in [4.78, 5) is 0. The lowest BCUT2D eigenvalue weighted by Gasteiger charge is -2.12. The van der Waals surface area contributed by atoms with E-state index >= 15 is 0 Å². The van der Waals surface area contributed by atoms with E-state index < -0.39 is 0 Å². The average Bonchev–Trinajstić information content (AvgIpc) is 1.47. The summed E-state index contributed by atoms with van der Waals surface area (Å²) in [6.45, 7) is 0. The number of aromatic nitrogens is 5. The molecule has 0 bridgehead atoms. The van der Waals surface area contributed by atoms with Gasteiger partial charge in [-0.3, -0.25) is 0 Å². The first-order chi connectivity index (χ1) is 61.0. The van der Waals surface area contributed by atoms with E-state index in [2.05, 4.69) is 463 Å². The van der Waals surface area contributed by atoms with Gasteiger partial charge in [-0.25, -0.2) is 0 Å². The van der Waals surface area contributed by atoms with Gasteiger partial charge in [-0.2, -0.15) is 0 Å². The molecule has 5 aromatic heterocycles. The molecule has 5 heterocycles. The number of hydrogen-bond acceptors (Lipinski definition) is 0. The highest BCUT2D eigenvalue weighted by molar-refractivity contribution is 9.10. The zero-order valence-electron chi connectivity index (χ0n) is 66.7. The number of nitrogens with zero attached hydrogens (tertiary/aromatic N) is 5. The molecular weight excluding hydrogens is 1560 g/mol. The minimum atomic E-state index is 1.06. The van der Waals surface area contributed by atoms with E-state index in [1.807, 2.05) is 0 Å². The van der Waals surface area contributed by atoms with Crippen LogP contribution in [0.25, 0.3) is 237 Å².